The van der Waals surface area contributed by atoms with Crippen LogP contribution in [-0.4, -0.2) is 30.1 Å². The van der Waals surface area contributed by atoms with Gasteiger partial charge in [-0.2, -0.15) is 0 Å². The third-order valence-electron chi connectivity index (χ3n) is 2.75. The van der Waals surface area contributed by atoms with E-state index in [9.17, 15) is 5.11 Å². The quantitative estimate of drug-likeness (QED) is 0.471. The zero-order valence-corrected chi connectivity index (χ0v) is 14.2. The van der Waals surface area contributed by atoms with Gasteiger partial charge < -0.3 is 0 Å². The topological polar surface area (TPSA) is 29.5 Å². The summed E-state index contributed by atoms with van der Waals surface area (Å²) in [5.74, 6) is 0.00961. The van der Waals surface area contributed by atoms with Gasteiger partial charge in [-0.15, -0.1) is 0 Å². The predicted octanol–water partition coefficient (Wildman–Crippen LogP) is 4.25. The first-order chi connectivity index (χ1) is 8.45. The molecule has 1 aromatic rings. The summed E-state index contributed by atoms with van der Waals surface area (Å²) >= 11 is -2.23. The molecule has 0 saturated carbocycles. The molecule has 1 N–H and O–H groups in total. The third kappa shape index (κ3) is 4.76. The van der Waals surface area contributed by atoms with Crippen LogP contribution in [0.25, 0.3) is 0 Å². The second-order valence-corrected chi connectivity index (χ2v) is 20.6. The zero-order valence-electron chi connectivity index (χ0n) is 11.4. The van der Waals surface area contributed by atoms with Gasteiger partial charge in [0.1, 0.15) is 0 Å². The molecule has 2 nitrogen and oxygen atoms in total. The first-order valence-electron chi connectivity index (χ1n) is 6.14. The molecule has 0 fully saturated rings. The van der Waals surface area contributed by atoms with Gasteiger partial charge in [-0.3, -0.25) is 0 Å². The van der Waals surface area contributed by atoms with Gasteiger partial charge in [-0.05, 0) is 0 Å². The van der Waals surface area contributed by atoms with E-state index in [1.165, 1.54) is 5.56 Å². The van der Waals surface area contributed by atoms with Crippen LogP contribution in [0, 0.1) is 0 Å². The van der Waals surface area contributed by atoms with Gasteiger partial charge in [0.2, 0.25) is 0 Å². The molecule has 18 heavy (non-hydrogen) atoms. The van der Waals surface area contributed by atoms with Crippen LogP contribution in [-0.2, 0) is 4.74 Å². The van der Waals surface area contributed by atoms with Crippen LogP contribution in [0.3, 0.4) is 0 Å². The third-order valence-corrected chi connectivity index (χ3v) is 9.50. The Morgan fingerprint density at radius 1 is 1.33 bits per heavy atom. The Balaban J connectivity index is 2.97. The molecule has 0 bridgehead atoms. The summed E-state index contributed by atoms with van der Waals surface area (Å²) in [7, 11) is 0. The molecule has 3 heteroatoms. The van der Waals surface area contributed by atoms with Crippen LogP contribution in [0.15, 0.2) is 55.0 Å². The van der Waals surface area contributed by atoms with Crippen LogP contribution < -0.4 is 0 Å². The molecule has 98 valence electrons. The number of aliphatic hydroxyl groups excluding tert-OH is 1. The summed E-state index contributed by atoms with van der Waals surface area (Å²) in [6.07, 6.45) is 3.48. The van der Waals surface area contributed by atoms with E-state index in [4.69, 9.17) is 4.74 Å². The zero-order chi connectivity index (χ0) is 13.6. The molecule has 0 heterocycles. The maximum atomic E-state index is 9.80. The first kappa shape index (κ1) is 15.2. The molecule has 1 unspecified atom stereocenters. The van der Waals surface area contributed by atoms with Crippen molar-refractivity contribution in [1.82, 2.24) is 0 Å². The van der Waals surface area contributed by atoms with Crippen molar-refractivity contribution in [2.24, 2.45) is 0 Å². The Morgan fingerprint density at radius 3 is 2.44 bits per heavy atom. The van der Waals surface area contributed by atoms with Crippen molar-refractivity contribution in [2.45, 2.75) is 18.8 Å². The summed E-state index contributed by atoms with van der Waals surface area (Å²) in [4.78, 5) is 7.05. The Morgan fingerprint density at radius 2 is 1.94 bits per heavy atom. The summed E-state index contributed by atoms with van der Waals surface area (Å²) < 4.78 is 5.48. The fraction of sp³-hybridized carbons (Fsp3) is 0.333. The van der Waals surface area contributed by atoms with E-state index in [1.807, 2.05) is 24.3 Å². The maximum absolute atomic E-state index is 9.80. The van der Waals surface area contributed by atoms with E-state index < -0.39 is 18.4 Å². The first-order valence-corrected chi connectivity index (χ1v) is 16.4. The van der Waals surface area contributed by atoms with Gasteiger partial charge in [-0.1, -0.05) is 0 Å². The number of rotatable bonds is 6. The van der Waals surface area contributed by atoms with Crippen molar-refractivity contribution < 1.29 is 9.84 Å². The van der Waals surface area contributed by atoms with Gasteiger partial charge >= 0.3 is 114 Å². The van der Waals surface area contributed by atoms with Crippen LogP contribution in [0.5, 0.6) is 0 Å². The van der Waals surface area contributed by atoms with Crippen LogP contribution >= 0.6 is 0 Å². The molecule has 0 aromatic heterocycles. The van der Waals surface area contributed by atoms with E-state index in [1.54, 1.807) is 6.08 Å². The minimum atomic E-state index is -2.23. The molecule has 0 aliphatic heterocycles. The fourth-order valence-electron chi connectivity index (χ4n) is 1.84. The number of hydrogen-bond donors (Lipinski definition) is 1. The molecule has 0 aliphatic rings. The van der Waals surface area contributed by atoms with Crippen molar-refractivity contribution >= 4 is 18.4 Å². The SMILES string of the molecule is C=CCO/C(O)=C\[CH](c1ccccc1)[Sn]([CH3])([CH3])[CH3]. The number of ether oxygens (including phenoxy) is 1. The van der Waals surface area contributed by atoms with Crippen molar-refractivity contribution in [3.05, 3.63) is 60.6 Å². The number of hydrogen-bond acceptors (Lipinski definition) is 2. The van der Waals surface area contributed by atoms with Crippen molar-refractivity contribution in [3.63, 3.8) is 0 Å². The van der Waals surface area contributed by atoms with E-state index >= 15 is 0 Å². The van der Waals surface area contributed by atoms with E-state index in [0.29, 0.717) is 10.5 Å². The van der Waals surface area contributed by atoms with Crippen molar-refractivity contribution in [1.29, 1.82) is 0 Å². The van der Waals surface area contributed by atoms with Gasteiger partial charge in [0.05, 0.1) is 0 Å². The van der Waals surface area contributed by atoms with Crippen LogP contribution in [0.2, 0.25) is 14.8 Å². The molecule has 0 amide bonds. The average Bonchev–Trinajstić information content (AvgIpc) is 2.33. The minimum absolute atomic E-state index is 0.00961. The molecule has 1 aromatic carbocycles. The normalized spacial score (nSPS) is 14.1. The molecule has 0 saturated heterocycles. The summed E-state index contributed by atoms with van der Waals surface area (Å²) in [6.45, 7) is 3.91. The Hall–Kier alpha value is -0.901. The second kappa shape index (κ2) is 6.88. The van der Waals surface area contributed by atoms with Gasteiger partial charge in [0, 0.05) is 0 Å². The number of benzene rings is 1. The van der Waals surface area contributed by atoms with E-state index in [-0.39, 0.29) is 5.95 Å². The molecule has 0 spiro atoms. The Labute approximate surface area is 114 Å². The van der Waals surface area contributed by atoms with E-state index in [2.05, 4.69) is 33.5 Å². The monoisotopic (exact) mass is 354 g/mol. The van der Waals surface area contributed by atoms with Crippen LogP contribution in [0.1, 0.15) is 9.50 Å². The molecule has 0 radical (unpaired) electrons. The van der Waals surface area contributed by atoms with Gasteiger partial charge in [0.15, 0.2) is 0 Å². The van der Waals surface area contributed by atoms with Crippen LogP contribution in [0.4, 0.5) is 0 Å². The predicted molar refractivity (Wildman–Crippen MR) is 79.4 cm³/mol. The average molecular weight is 353 g/mol. The van der Waals surface area contributed by atoms with Gasteiger partial charge in [0.25, 0.3) is 0 Å². The summed E-state index contributed by atoms with van der Waals surface area (Å²) in [6, 6.07) is 10.3. The second-order valence-electron chi connectivity index (χ2n) is 5.36. The molecular formula is C15H22O2Sn. The van der Waals surface area contributed by atoms with Crippen molar-refractivity contribution in [2.75, 3.05) is 6.61 Å². The molecule has 1 rings (SSSR count). The molecule has 0 aliphatic carbocycles. The van der Waals surface area contributed by atoms with E-state index in [0.717, 1.165) is 0 Å². The van der Waals surface area contributed by atoms with Gasteiger partial charge in [-0.25, -0.2) is 0 Å². The fourth-order valence-corrected chi connectivity index (χ4v) is 7.08. The molecule has 1 atom stereocenters. The summed E-state index contributed by atoms with van der Waals surface area (Å²) in [5, 5.41) is 9.80. The Bertz CT molecular complexity index is 404. The standard InChI is InChI=1S/C12H13O2.3CH3.Sn/c1-2-10-14-12(13)9-8-11-6-4-3-5-7-11;;;;/h2-9,13H,1,10H2;3*1H3;/b12-9-;;;;. The number of allylic oxidation sites excluding steroid dienone is 1. The number of aliphatic hydroxyl groups is 1. The van der Waals surface area contributed by atoms with Crippen molar-refractivity contribution in [3.8, 4) is 0 Å². The molecular weight excluding hydrogens is 331 g/mol. The Kier molecular flexibility index (Phi) is 5.79. The summed E-state index contributed by atoms with van der Waals surface area (Å²) in [5.41, 5.74) is 1.26.